The zero-order valence-corrected chi connectivity index (χ0v) is 35.6. The molecule has 0 aliphatic heterocycles. The normalized spacial score (nSPS) is 14.4. The summed E-state index contributed by atoms with van der Waals surface area (Å²) in [6, 6.07) is 0. The van der Waals surface area contributed by atoms with Gasteiger partial charge in [0.2, 0.25) is 0 Å². The van der Waals surface area contributed by atoms with Gasteiger partial charge in [0.15, 0.2) is 6.10 Å². The Morgan fingerprint density at radius 2 is 1.02 bits per heavy atom. The Bertz CT molecular complexity index is 1150. The maximum atomic E-state index is 12.5. The zero-order chi connectivity index (χ0) is 40.0. The third-order valence-electron chi connectivity index (χ3n) is 8.36. The van der Waals surface area contributed by atoms with Crippen LogP contribution in [0.2, 0.25) is 0 Å². The van der Waals surface area contributed by atoms with E-state index in [-0.39, 0.29) is 13.2 Å². The van der Waals surface area contributed by atoms with E-state index in [2.05, 4.69) is 38.2 Å². The molecule has 0 aliphatic rings. The molecule has 0 saturated heterocycles. The summed E-state index contributed by atoms with van der Waals surface area (Å²) >= 11 is 0. The smallest absolute Gasteiger partial charge is 0.458 e. The molecule has 310 valence electrons. The number of carbonyl (C=O) groups excluding carboxylic acids is 2. The van der Waals surface area contributed by atoms with Crippen molar-refractivity contribution in [3.8, 4) is 0 Å². The Morgan fingerprint density at radius 3 is 1.52 bits per heavy atom. The lowest BCUT2D eigenvalue weighted by molar-refractivity contribution is -0.870. The average molecular weight is 779 g/mol. The number of rotatable bonds is 36. The van der Waals surface area contributed by atoms with Crippen molar-refractivity contribution in [2.24, 2.45) is 0 Å². The molecule has 0 radical (unpaired) electrons. The van der Waals surface area contributed by atoms with Gasteiger partial charge in [-0.1, -0.05) is 139 Å². The maximum Gasteiger partial charge on any atom is 0.472 e. The van der Waals surface area contributed by atoms with E-state index in [0.717, 1.165) is 51.4 Å². The highest BCUT2D eigenvalue weighted by Gasteiger charge is 2.26. The van der Waals surface area contributed by atoms with Gasteiger partial charge in [-0.05, 0) is 64.2 Å². The number of allylic oxidation sites excluding steroid dienone is 10. The third-order valence-corrected chi connectivity index (χ3v) is 9.34. The molecule has 0 aromatic heterocycles. The van der Waals surface area contributed by atoms with Gasteiger partial charge in [0.1, 0.15) is 19.8 Å². The zero-order valence-electron chi connectivity index (χ0n) is 34.7. The number of ether oxygens (including phenoxy) is 2. The number of quaternary nitrogens is 1. The third kappa shape index (κ3) is 39.2. The predicted molar refractivity (Wildman–Crippen MR) is 224 cm³/mol. The summed E-state index contributed by atoms with van der Waals surface area (Å²) < 4.78 is 33.8. The first-order chi connectivity index (χ1) is 26.0. The Balaban J connectivity index is 4.68. The number of hydrogen-bond donors (Lipinski definition) is 1. The number of nitrogens with zero attached hydrogens (tertiary/aromatic N) is 1. The highest BCUT2D eigenvalue weighted by molar-refractivity contribution is 7.47. The molecular formula is C44H77NO8P+. The van der Waals surface area contributed by atoms with Crippen molar-refractivity contribution in [3.63, 3.8) is 0 Å². The van der Waals surface area contributed by atoms with Gasteiger partial charge in [0.05, 0.1) is 27.7 Å². The standard InChI is InChI=1S/C44H76NO8P/c1-6-8-10-12-14-16-18-20-22-24-26-28-30-32-34-36-43(46)50-40-42(41-52-54(48,49)51-39-38-45(3,4)5)53-44(47)37-35-33-31-29-27-25-23-21-19-17-15-13-11-9-7-2/h20-23,30-37,42H,6-19,24-29,38-41H2,1-5H3/p+1/t42-/m1/s1. The predicted octanol–water partition coefficient (Wildman–Crippen LogP) is 11.5. The summed E-state index contributed by atoms with van der Waals surface area (Å²) in [7, 11) is 1.35. The van der Waals surface area contributed by atoms with E-state index in [4.69, 9.17) is 18.5 Å². The van der Waals surface area contributed by atoms with E-state index in [0.29, 0.717) is 11.0 Å². The van der Waals surface area contributed by atoms with Crippen LogP contribution in [0, 0.1) is 0 Å². The summed E-state index contributed by atoms with van der Waals surface area (Å²) in [5.74, 6) is -1.34. The minimum Gasteiger partial charge on any atom is -0.458 e. The molecule has 2 atom stereocenters. The van der Waals surface area contributed by atoms with E-state index in [1.165, 1.54) is 89.2 Å². The quantitative estimate of drug-likeness (QED) is 0.0127. The van der Waals surface area contributed by atoms with Crippen LogP contribution in [0.5, 0.6) is 0 Å². The van der Waals surface area contributed by atoms with Crippen molar-refractivity contribution >= 4 is 19.8 Å². The number of unbranched alkanes of at least 4 members (excludes halogenated alkanes) is 16. The van der Waals surface area contributed by atoms with Crippen LogP contribution in [0.15, 0.2) is 72.9 Å². The molecule has 0 bridgehead atoms. The second kappa shape index (κ2) is 36.1. The van der Waals surface area contributed by atoms with Crippen molar-refractivity contribution in [1.82, 2.24) is 0 Å². The highest BCUT2D eigenvalue weighted by Crippen LogP contribution is 2.43. The van der Waals surface area contributed by atoms with E-state index in [1.54, 1.807) is 24.3 Å². The van der Waals surface area contributed by atoms with E-state index in [9.17, 15) is 19.0 Å². The van der Waals surface area contributed by atoms with E-state index in [1.807, 2.05) is 33.3 Å². The van der Waals surface area contributed by atoms with E-state index >= 15 is 0 Å². The minimum absolute atomic E-state index is 0.00443. The maximum absolute atomic E-state index is 12.5. The van der Waals surface area contributed by atoms with Gasteiger partial charge < -0.3 is 18.9 Å². The van der Waals surface area contributed by atoms with Crippen molar-refractivity contribution in [1.29, 1.82) is 0 Å². The Hall–Kier alpha value is -2.55. The van der Waals surface area contributed by atoms with Gasteiger partial charge in [-0.3, -0.25) is 9.05 Å². The molecule has 9 nitrogen and oxygen atoms in total. The van der Waals surface area contributed by atoms with Gasteiger partial charge >= 0.3 is 19.8 Å². The molecule has 0 heterocycles. The summed E-state index contributed by atoms with van der Waals surface area (Å²) in [6.07, 6.45) is 45.1. The van der Waals surface area contributed by atoms with Crippen LogP contribution < -0.4 is 0 Å². The minimum atomic E-state index is -4.43. The monoisotopic (exact) mass is 779 g/mol. The highest BCUT2D eigenvalue weighted by atomic mass is 31.2. The van der Waals surface area contributed by atoms with Crippen molar-refractivity contribution in [3.05, 3.63) is 72.9 Å². The van der Waals surface area contributed by atoms with Gasteiger partial charge in [-0.25, -0.2) is 14.2 Å². The van der Waals surface area contributed by atoms with Crippen LogP contribution in [0.1, 0.15) is 142 Å². The molecule has 1 N–H and O–H groups in total. The molecule has 0 saturated carbocycles. The molecule has 10 heteroatoms. The molecule has 0 aromatic carbocycles. The van der Waals surface area contributed by atoms with Crippen LogP contribution in [0.4, 0.5) is 0 Å². The molecule has 0 spiro atoms. The first-order valence-electron chi connectivity index (χ1n) is 20.7. The fraction of sp³-hybridized carbons (Fsp3) is 0.682. The summed E-state index contributed by atoms with van der Waals surface area (Å²) in [5, 5.41) is 0. The summed E-state index contributed by atoms with van der Waals surface area (Å²) in [6.45, 7) is 4.10. The van der Waals surface area contributed by atoms with Gasteiger partial charge in [0, 0.05) is 12.2 Å². The molecular weight excluding hydrogens is 701 g/mol. The van der Waals surface area contributed by atoms with Crippen molar-refractivity contribution in [2.45, 2.75) is 148 Å². The molecule has 0 amide bonds. The van der Waals surface area contributed by atoms with Gasteiger partial charge in [0.25, 0.3) is 0 Å². The Morgan fingerprint density at radius 1 is 0.574 bits per heavy atom. The first-order valence-corrected chi connectivity index (χ1v) is 22.2. The molecule has 54 heavy (non-hydrogen) atoms. The van der Waals surface area contributed by atoms with Gasteiger partial charge in [-0.2, -0.15) is 0 Å². The van der Waals surface area contributed by atoms with Crippen LogP contribution in [-0.2, 0) is 32.7 Å². The lowest BCUT2D eigenvalue weighted by Crippen LogP contribution is -2.37. The van der Waals surface area contributed by atoms with Crippen LogP contribution in [0.25, 0.3) is 0 Å². The Labute approximate surface area is 329 Å². The average Bonchev–Trinajstić information content (AvgIpc) is 3.12. The molecule has 0 fully saturated rings. The molecule has 0 aliphatic carbocycles. The van der Waals surface area contributed by atoms with Crippen LogP contribution in [-0.4, -0.2) is 74.9 Å². The summed E-state index contributed by atoms with van der Waals surface area (Å²) in [5.41, 5.74) is 0. The van der Waals surface area contributed by atoms with Crippen LogP contribution in [0.3, 0.4) is 0 Å². The number of hydrogen-bond acceptors (Lipinski definition) is 7. The first kappa shape index (κ1) is 51.5. The van der Waals surface area contributed by atoms with Crippen molar-refractivity contribution in [2.75, 3.05) is 47.5 Å². The largest absolute Gasteiger partial charge is 0.472 e. The molecule has 0 rings (SSSR count). The fourth-order valence-corrected chi connectivity index (χ4v) is 5.81. The van der Waals surface area contributed by atoms with Gasteiger partial charge in [-0.15, -0.1) is 0 Å². The lowest BCUT2D eigenvalue weighted by Gasteiger charge is -2.24. The number of esters is 2. The Kier molecular flexibility index (Phi) is 34.4. The van der Waals surface area contributed by atoms with E-state index < -0.39 is 32.5 Å². The second-order valence-corrected chi connectivity index (χ2v) is 16.2. The summed E-state index contributed by atoms with van der Waals surface area (Å²) in [4.78, 5) is 35.0. The molecule has 0 aromatic rings. The number of phosphoric acid groups is 1. The lowest BCUT2D eigenvalue weighted by atomic mass is 10.1. The number of phosphoric ester groups is 1. The number of likely N-dealkylation sites (N-methyl/N-ethyl adjacent to an activating group) is 1. The SMILES string of the molecule is CCCCCCCCC=CCCCC=CC=CC(=O)OC[C@H](COP(=O)(O)OCC[N+](C)(C)C)OC(=O)C=CC=CCCCC=CCCCCCCCC. The topological polar surface area (TPSA) is 108 Å². The fourth-order valence-electron chi connectivity index (χ4n) is 5.07. The number of carbonyl (C=O) groups is 2. The molecule has 1 unspecified atom stereocenters. The van der Waals surface area contributed by atoms with Crippen LogP contribution >= 0.6 is 7.82 Å². The van der Waals surface area contributed by atoms with Crippen molar-refractivity contribution < 1.29 is 42.1 Å². The second-order valence-electron chi connectivity index (χ2n) is 14.8.